The Morgan fingerprint density at radius 3 is 2.15 bits per heavy atom. The fourth-order valence-corrected chi connectivity index (χ4v) is 2.80. The normalized spacial score (nSPS) is 21.2. The lowest BCUT2D eigenvalue weighted by Crippen LogP contribution is -2.35. The molecule has 0 amide bonds. The molecular formula is C11H21BrO. The Morgan fingerprint density at radius 1 is 1.23 bits per heavy atom. The minimum absolute atomic E-state index is 0.177. The van der Waals surface area contributed by atoms with Crippen LogP contribution in [0.4, 0.5) is 0 Å². The molecule has 0 aromatic heterocycles. The van der Waals surface area contributed by atoms with Crippen LogP contribution in [0.2, 0.25) is 0 Å². The van der Waals surface area contributed by atoms with Crippen molar-refractivity contribution in [3.05, 3.63) is 0 Å². The highest BCUT2D eigenvalue weighted by atomic mass is 79.9. The first-order chi connectivity index (χ1) is 6.26. The zero-order valence-electron chi connectivity index (χ0n) is 8.81. The van der Waals surface area contributed by atoms with Gasteiger partial charge in [0.05, 0.1) is 11.7 Å². The summed E-state index contributed by atoms with van der Waals surface area (Å²) in [6, 6.07) is 0. The topological polar surface area (TPSA) is 9.23 Å². The highest BCUT2D eigenvalue weighted by Gasteiger charge is 2.35. The number of hydrogen-bond donors (Lipinski definition) is 0. The van der Waals surface area contributed by atoms with Crippen molar-refractivity contribution in [3.8, 4) is 0 Å². The second kappa shape index (κ2) is 5.35. The number of ether oxygens (including phenoxy) is 1. The third-order valence-corrected chi connectivity index (χ3v) is 4.11. The van der Waals surface area contributed by atoms with Gasteiger partial charge in [0.2, 0.25) is 0 Å². The van der Waals surface area contributed by atoms with Crippen molar-refractivity contribution < 1.29 is 4.74 Å². The molecule has 1 aliphatic carbocycles. The average Bonchev–Trinajstić information content (AvgIpc) is 2.63. The van der Waals surface area contributed by atoms with Gasteiger partial charge >= 0.3 is 0 Å². The van der Waals surface area contributed by atoms with E-state index in [0.717, 1.165) is 18.2 Å². The summed E-state index contributed by atoms with van der Waals surface area (Å²) in [5.74, 6) is 0. The van der Waals surface area contributed by atoms with E-state index in [1.54, 1.807) is 0 Å². The first-order valence-corrected chi connectivity index (χ1v) is 6.62. The zero-order chi connectivity index (χ0) is 9.73. The highest BCUT2D eigenvalue weighted by molar-refractivity contribution is 9.09. The molecule has 0 radical (unpaired) electrons. The largest absolute Gasteiger partial charge is 0.371 e. The molecule has 1 nitrogen and oxygen atoms in total. The molecule has 0 atom stereocenters. The fraction of sp³-hybridized carbons (Fsp3) is 1.00. The van der Waals surface area contributed by atoms with Crippen molar-refractivity contribution >= 4 is 15.9 Å². The summed E-state index contributed by atoms with van der Waals surface area (Å²) in [5.41, 5.74) is 0.177. The molecule has 0 aromatic rings. The van der Waals surface area contributed by atoms with Gasteiger partial charge in [0, 0.05) is 5.33 Å². The molecule has 13 heavy (non-hydrogen) atoms. The predicted octanol–water partition coefficient (Wildman–Crippen LogP) is 3.90. The van der Waals surface area contributed by atoms with Crippen LogP contribution in [0.3, 0.4) is 0 Å². The van der Waals surface area contributed by atoms with Gasteiger partial charge in [-0.2, -0.15) is 0 Å². The summed E-state index contributed by atoms with van der Waals surface area (Å²) in [6.45, 7) is 4.43. The van der Waals surface area contributed by atoms with Crippen LogP contribution in [0.5, 0.6) is 0 Å². The lowest BCUT2D eigenvalue weighted by atomic mass is 10.0. The average molecular weight is 249 g/mol. The fourth-order valence-electron chi connectivity index (χ4n) is 2.11. The Bertz CT molecular complexity index is 137. The molecular weight excluding hydrogens is 228 g/mol. The van der Waals surface area contributed by atoms with Crippen molar-refractivity contribution in [1.82, 2.24) is 0 Å². The maximum atomic E-state index is 6.20. The van der Waals surface area contributed by atoms with E-state index in [1.807, 2.05) is 0 Å². The minimum Gasteiger partial charge on any atom is -0.371 e. The van der Waals surface area contributed by atoms with E-state index in [0.29, 0.717) is 6.10 Å². The van der Waals surface area contributed by atoms with E-state index in [9.17, 15) is 0 Å². The molecule has 1 rings (SSSR count). The van der Waals surface area contributed by atoms with Crippen molar-refractivity contribution in [2.45, 2.75) is 64.1 Å². The number of alkyl halides is 1. The van der Waals surface area contributed by atoms with E-state index >= 15 is 0 Å². The van der Waals surface area contributed by atoms with Gasteiger partial charge in [-0.3, -0.25) is 0 Å². The van der Waals surface area contributed by atoms with Crippen LogP contribution in [0.15, 0.2) is 0 Å². The van der Waals surface area contributed by atoms with Crippen molar-refractivity contribution in [1.29, 1.82) is 0 Å². The van der Waals surface area contributed by atoms with Crippen LogP contribution < -0.4 is 0 Å². The first-order valence-electron chi connectivity index (χ1n) is 5.50. The van der Waals surface area contributed by atoms with E-state index in [4.69, 9.17) is 4.74 Å². The Labute approximate surface area is 90.4 Å². The van der Waals surface area contributed by atoms with Crippen molar-refractivity contribution in [3.63, 3.8) is 0 Å². The molecule has 0 N–H and O–H groups in total. The van der Waals surface area contributed by atoms with Crippen LogP contribution >= 0.6 is 15.9 Å². The van der Waals surface area contributed by atoms with Gasteiger partial charge in [0.1, 0.15) is 0 Å². The lowest BCUT2D eigenvalue weighted by molar-refractivity contribution is -0.0768. The Kier molecular flexibility index (Phi) is 4.74. The van der Waals surface area contributed by atoms with Crippen LogP contribution in [0.25, 0.3) is 0 Å². The summed E-state index contributed by atoms with van der Waals surface area (Å²) in [4.78, 5) is 0. The lowest BCUT2D eigenvalue weighted by Gasteiger charge is -2.31. The molecule has 0 heterocycles. The summed E-state index contributed by atoms with van der Waals surface area (Å²) >= 11 is 3.60. The van der Waals surface area contributed by atoms with Gasteiger partial charge in [0.25, 0.3) is 0 Å². The minimum atomic E-state index is 0.177. The molecule has 1 fully saturated rings. The van der Waals surface area contributed by atoms with Gasteiger partial charge in [-0.05, 0) is 25.7 Å². The van der Waals surface area contributed by atoms with Gasteiger partial charge in [-0.15, -0.1) is 0 Å². The van der Waals surface area contributed by atoms with Crippen molar-refractivity contribution in [2.75, 3.05) is 5.33 Å². The van der Waals surface area contributed by atoms with E-state index in [-0.39, 0.29) is 5.60 Å². The quantitative estimate of drug-likeness (QED) is 0.671. The van der Waals surface area contributed by atoms with Crippen LogP contribution in [-0.4, -0.2) is 17.0 Å². The summed E-state index contributed by atoms with van der Waals surface area (Å²) < 4.78 is 6.20. The van der Waals surface area contributed by atoms with Gasteiger partial charge < -0.3 is 4.74 Å². The summed E-state index contributed by atoms with van der Waals surface area (Å²) in [7, 11) is 0. The van der Waals surface area contributed by atoms with E-state index in [2.05, 4.69) is 29.8 Å². The van der Waals surface area contributed by atoms with Crippen molar-refractivity contribution in [2.24, 2.45) is 0 Å². The van der Waals surface area contributed by atoms with E-state index in [1.165, 1.54) is 25.7 Å². The van der Waals surface area contributed by atoms with Crippen LogP contribution in [0, 0.1) is 0 Å². The number of halogens is 1. The van der Waals surface area contributed by atoms with Crippen LogP contribution in [0.1, 0.15) is 52.4 Å². The third-order valence-electron chi connectivity index (χ3n) is 3.09. The predicted molar refractivity (Wildman–Crippen MR) is 60.4 cm³/mol. The summed E-state index contributed by atoms with van der Waals surface area (Å²) in [6.07, 6.45) is 7.92. The SMILES string of the molecule is CCC(CC)OC1(CBr)CCCC1. The molecule has 0 spiro atoms. The molecule has 0 unspecified atom stereocenters. The Morgan fingerprint density at radius 2 is 1.77 bits per heavy atom. The summed E-state index contributed by atoms with van der Waals surface area (Å²) in [5, 5.41) is 1.01. The van der Waals surface area contributed by atoms with Gasteiger partial charge in [-0.1, -0.05) is 42.6 Å². The maximum Gasteiger partial charge on any atom is 0.0782 e. The third kappa shape index (κ3) is 2.95. The second-order valence-electron chi connectivity index (χ2n) is 4.08. The number of rotatable bonds is 5. The second-order valence-corrected chi connectivity index (χ2v) is 4.64. The first kappa shape index (κ1) is 11.5. The monoisotopic (exact) mass is 248 g/mol. The molecule has 2 heteroatoms. The van der Waals surface area contributed by atoms with Gasteiger partial charge in [0.15, 0.2) is 0 Å². The zero-order valence-corrected chi connectivity index (χ0v) is 10.4. The highest BCUT2D eigenvalue weighted by Crippen LogP contribution is 2.36. The smallest absolute Gasteiger partial charge is 0.0782 e. The molecule has 1 aliphatic rings. The molecule has 78 valence electrons. The number of hydrogen-bond acceptors (Lipinski definition) is 1. The molecule has 0 aliphatic heterocycles. The van der Waals surface area contributed by atoms with Crippen LogP contribution in [-0.2, 0) is 4.74 Å². The Balaban J connectivity index is 2.46. The maximum absolute atomic E-state index is 6.20. The van der Waals surface area contributed by atoms with Gasteiger partial charge in [-0.25, -0.2) is 0 Å². The molecule has 0 aromatic carbocycles. The van der Waals surface area contributed by atoms with E-state index < -0.39 is 0 Å². The standard InChI is InChI=1S/C11H21BrO/c1-3-10(4-2)13-11(9-12)7-5-6-8-11/h10H,3-9H2,1-2H3. The molecule has 1 saturated carbocycles. The Hall–Kier alpha value is 0.440. The molecule has 0 bridgehead atoms. The molecule has 0 saturated heterocycles.